The molecular weight excluding hydrogens is 234 g/mol. The zero-order valence-corrected chi connectivity index (χ0v) is 11.2. The normalized spacial score (nSPS) is 12.9. The van der Waals surface area contributed by atoms with Crippen LogP contribution in [-0.2, 0) is 13.0 Å². The minimum atomic E-state index is -0.476. The van der Waals surface area contributed by atoms with Crippen LogP contribution in [0.1, 0.15) is 34.2 Å². The van der Waals surface area contributed by atoms with Gasteiger partial charge in [0.1, 0.15) is 0 Å². The molecule has 0 aliphatic heterocycles. The van der Waals surface area contributed by atoms with Gasteiger partial charge in [-0.3, -0.25) is 4.68 Å². The molecule has 4 nitrogen and oxygen atoms in total. The highest BCUT2D eigenvalue weighted by atomic mass is 32.1. The maximum atomic E-state index is 10.2. The summed E-state index contributed by atoms with van der Waals surface area (Å²) in [6.07, 6.45) is 3.92. The quantitative estimate of drug-likeness (QED) is 0.906. The van der Waals surface area contributed by atoms with E-state index in [1.54, 1.807) is 11.3 Å². The van der Waals surface area contributed by atoms with Crippen LogP contribution in [0.2, 0.25) is 0 Å². The highest BCUT2D eigenvalue weighted by molar-refractivity contribution is 7.11. The fourth-order valence-corrected chi connectivity index (χ4v) is 2.77. The Kier molecular flexibility index (Phi) is 3.59. The lowest BCUT2D eigenvalue weighted by atomic mass is 10.1. The van der Waals surface area contributed by atoms with Gasteiger partial charge in [-0.25, -0.2) is 4.98 Å². The summed E-state index contributed by atoms with van der Waals surface area (Å²) in [5.41, 5.74) is 1.99. The van der Waals surface area contributed by atoms with Crippen LogP contribution in [0.25, 0.3) is 0 Å². The molecule has 2 heterocycles. The highest BCUT2D eigenvalue weighted by Gasteiger charge is 2.15. The molecule has 0 aliphatic rings. The third kappa shape index (κ3) is 2.73. The van der Waals surface area contributed by atoms with Gasteiger partial charge in [0.05, 0.1) is 27.9 Å². The van der Waals surface area contributed by atoms with E-state index in [0.29, 0.717) is 6.42 Å². The maximum absolute atomic E-state index is 10.2. The van der Waals surface area contributed by atoms with Gasteiger partial charge in [-0.15, -0.1) is 11.3 Å². The Hall–Kier alpha value is -1.20. The predicted octanol–water partition coefficient (Wildman–Crippen LogP) is 2.25. The van der Waals surface area contributed by atoms with Gasteiger partial charge in [0.25, 0.3) is 0 Å². The lowest BCUT2D eigenvalue weighted by Gasteiger charge is -2.07. The van der Waals surface area contributed by atoms with Gasteiger partial charge in [0.15, 0.2) is 0 Å². The first kappa shape index (κ1) is 12.3. The van der Waals surface area contributed by atoms with Crippen LogP contribution in [0.15, 0.2) is 12.4 Å². The van der Waals surface area contributed by atoms with E-state index in [1.807, 2.05) is 37.8 Å². The average Bonchev–Trinajstić information content (AvgIpc) is 2.85. The Bertz CT molecular complexity index is 504. The Labute approximate surface area is 105 Å². The van der Waals surface area contributed by atoms with Crippen LogP contribution >= 0.6 is 11.3 Å². The monoisotopic (exact) mass is 251 g/mol. The molecule has 0 saturated carbocycles. The Morgan fingerprint density at radius 1 is 1.47 bits per heavy atom. The molecule has 17 heavy (non-hydrogen) atoms. The minimum absolute atomic E-state index is 0.476. The second-order valence-electron chi connectivity index (χ2n) is 4.11. The number of aromatic nitrogens is 3. The summed E-state index contributed by atoms with van der Waals surface area (Å²) in [6.45, 7) is 6.80. The van der Waals surface area contributed by atoms with E-state index in [2.05, 4.69) is 10.1 Å². The molecule has 0 saturated heterocycles. The average molecular weight is 251 g/mol. The molecule has 0 bridgehead atoms. The SMILES string of the molecule is CCn1cc(CC(O)c2sc(C)nc2C)cn1. The second-order valence-corrected chi connectivity index (χ2v) is 5.34. The van der Waals surface area contributed by atoms with Crippen molar-refractivity contribution >= 4 is 11.3 Å². The Morgan fingerprint density at radius 2 is 2.24 bits per heavy atom. The van der Waals surface area contributed by atoms with Gasteiger partial charge in [0.2, 0.25) is 0 Å². The van der Waals surface area contributed by atoms with E-state index < -0.39 is 6.10 Å². The van der Waals surface area contributed by atoms with Crippen molar-refractivity contribution in [1.82, 2.24) is 14.8 Å². The van der Waals surface area contributed by atoms with Crippen LogP contribution in [0, 0.1) is 13.8 Å². The zero-order chi connectivity index (χ0) is 12.4. The molecule has 2 aromatic heterocycles. The molecule has 5 heteroatoms. The lowest BCUT2D eigenvalue weighted by Crippen LogP contribution is -2.01. The van der Waals surface area contributed by atoms with Crippen molar-refractivity contribution in [3.05, 3.63) is 33.5 Å². The van der Waals surface area contributed by atoms with E-state index >= 15 is 0 Å². The number of nitrogens with zero attached hydrogens (tertiary/aromatic N) is 3. The first-order valence-electron chi connectivity index (χ1n) is 5.73. The van der Waals surface area contributed by atoms with E-state index in [9.17, 15) is 5.11 Å². The topological polar surface area (TPSA) is 50.9 Å². The van der Waals surface area contributed by atoms with Crippen LogP contribution in [0.3, 0.4) is 0 Å². The fourth-order valence-electron chi connectivity index (χ4n) is 1.86. The van der Waals surface area contributed by atoms with Crippen molar-refractivity contribution in [2.24, 2.45) is 0 Å². The van der Waals surface area contributed by atoms with Gasteiger partial charge >= 0.3 is 0 Å². The second kappa shape index (κ2) is 4.98. The molecule has 0 spiro atoms. The molecule has 0 fully saturated rings. The fraction of sp³-hybridized carbons (Fsp3) is 0.500. The molecule has 0 radical (unpaired) electrons. The van der Waals surface area contributed by atoms with Crippen molar-refractivity contribution in [1.29, 1.82) is 0 Å². The van der Waals surface area contributed by atoms with Crippen molar-refractivity contribution in [3.8, 4) is 0 Å². The number of aliphatic hydroxyl groups is 1. The molecule has 2 rings (SSSR count). The van der Waals surface area contributed by atoms with Gasteiger partial charge in [-0.05, 0) is 26.3 Å². The van der Waals surface area contributed by atoms with Gasteiger partial charge in [0, 0.05) is 19.2 Å². The van der Waals surface area contributed by atoms with Gasteiger partial charge in [-0.2, -0.15) is 5.10 Å². The third-order valence-electron chi connectivity index (χ3n) is 2.68. The summed E-state index contributed by atoms with van der Waals surface area (Å²) in [7, 11) is 0. The minimum Gasteiger partial charge on any atom is -0.387 e. The van der Waals surface area contributed by atoms with Crippen LogP contribution in [0.5, 0.6) is 0 Å². The standard InChI is InChI=1S/C12H17N3OS/c1-4-15-7-10(6-13-15)5-11(16)12-8(2)14-9(3)17-12/h6-7,11,16H,4-5H2,1-3H3. The molecule has 92 valence electrons. The number of aliphatic hydroxyl groups excluding tert-OH is 1. The van der Waals surface area contributed by atoms with E-state index in [-0.39, 0.29) is 0 Å². The number of rotatable bonds is 4. The first-order valence-corrected chi connectivity index (χ1v) is 6.55. The van der Waals surface area contributed by atoms with Crippen molar-refractivity contribution in [3.63, 3.8) is 0 Å². The summed E-state index contributed by atoms with van der Waals surface area (Å²) in [5, 5.41) is 15.4. The summed E-state index contributed by atoms with van der Waals surface area (Å²) in [4.78, 5) is 5.30. The molecule has 1 unspecified atom stereocenters. The largest absolute Gasteiger partial charge is 0.387 e. The first-order chi connectivity index (χ1) is 8.10. The molecule has 0 aliphatic carbocycles. The van der Waals surface area contributed by atoms with E-state index in [0.717, 1.165) is 27.7 Å². The lowest BCUT2D eigenvalue weighted by molar-refractivity contribution is 0.181. The van der Waals surface area contributed by atoms with Gasteiger partial charge in [-0.1, -0.05) is 0 Å². The van der Waals surface area contributed by atoms with Crippen LogP contribution in [-0.4, -0.2) is 19.9 Å². The number of thiazole rings is 1. The summed E-state index contributed by atoms with van der Waals surface area (Å²) < 4.78 is 1.87. The smallest absolute Gasteiger partial charge is 0.0942 e. The summed E-state index contributed by atoms with van der Waals surface area (Å²) >= 11 is 1.57. The van der Waals surface area contributed by atoms with Crippen LogP contribution < -0.4 is 0 Å². The summed E-state index contributed by atoms with van der Waals surface area (Å²) in [6, 6.07) is 0. The molecule has 1 N–H and O–H groups in total. The number of hydrogen-bond acceptors (Lipinski definition) is 4. The van der Waals surface area contributed by atoms with E-state index in [1.165, 1.54) is 0 Å². The number of hydrogen-bond donors (Lipinski definition) is 1. The highest BCUT2D eigenvalue weighted by Crippen LogP contribution is 2.27. The number of aryl methyl sites for hydroxylation is 3. The Morgan fingerprint density at radius 3 is 2.76 bits per heavy atom. The van der Waals surface area contributed by atoms with Crippen molar-refractivity contribution in [2.45, 2.75) is 39.8 Å². The van der Waals surface area contributed by atoms with Crippen molar-refractivity contribution in [2.75, 3.05) is 0 Å². The molecule has 0 aromatic carbocycles. The van der Waals surface area contributed by atoms with Gasteiger partial charge < -0.3 is 5.11 Å². The molecule has 0 amide bonds. The molecular formula is C12H17N3OS. The van der Waals surface area contributed by atoms with Crippen LogP contribution in [0.4, 0.5) is 0 Å². The Balaban J connectivity index is 2.11. The predicted molar refractivity (Wildman–Crippen MR) is 68.2 cm³/mol. The zero-order valence-electron chi connectivity index (χ0n) is 10.3. The maximum Gasteiger partial charge on any atom is 0.0942 e. The molecule has 1 atom stereocenters. The summed E-state index contributed by atoms with van der Waals surface area (Å²) in [5.74, 6) is 0. The molecule has 2 aromatic rings. The van der Waals surface area contributed by atoms with Crippen molar-refractivity contribution < 1.29 is 5.11 Å². The third-order valence-corrected chi connectivity index (χ3v) is 3.86. The van der Waals surface area contributed by atoms with E-state index in [4.69, 9.17) is 0 Å².